The van der Waals surface area contributed by atoms with E-state index in [1.165, 1.54) is 11.3 Å². The number of carbonyl (C=O) groups excluding carboxylic acids is 1. The van der Waals surface area contributed by atoms with Gasteiger partial charge in [-0.3, -0.25) is 10.1 Å². The molecule has 1 aromatic carbocycles. The second-order valence-electron chi connectivity index (χ2n) is 4.63. The highest BCUT2D eigenvalue weighted by molar-refractivity contribution is 7.13. The third-order valence-corrected chi connectivity index (χ3v) is 3.26. The minimum absolute atomic E-state index is 0.0953. The topological polar surface area (TPSA) is 62.2 Å². The van der Waals surface area contributed by atoms with Gasteiger partial charge in [-0.25, -0.2) is 4.98 Å². The number of hydrogen-bond donors (Lipinski definition) is 2. The number of amides is 1. The van der Waals surface area contributed by atoms with Gasteiger partial charge in [0.05, 0.1) is 6.61 Å². The molecular weight excluding hydrogens is 272 g/mol. The standard InChI is InChI=1S/C15H16N2O2S/c1-10(2)5-11-6-12(9-18)8-13(7-11)14(19)17-15-16-3-4-20-15/h3-8,18H,9H2,1-2H3,(H,16,17,19). The third kappa shape index (κ3) is 3.76. The molecule has 1 amide bonds. The van der Waals surface area contributed by atoms with Crippen molar-refractivity contribution < 1.29 is 9.90 Å². The van der Waals surface area contributed by atoms with Crippen molar-refractivity contribution in [3.63, 3.8) is 0 Å². The predicted molar refractivity (Wildman–Crippen MR) is 81.8 cm³/mol. The zero-order valence-corrected chi connectivity index (χ0v) is 12.2. The fourth-order valence-electron chi connectivity index (χ4n) is 1.81. The molecule has 0 aliphatic carbocycles. The Hall–Kier alpha value is -1.98. The number of aliphatic hydroxyl groups is 1. The van der Waals surface area contributed by atoms with E-state index in [2.05, 4.69) is 10.3 Å². The zero-order chi connectivity index (χ0) is 14.5. The molecule has 0 radical (unpaired) electrons. The lowest BCUT2D eigenvalue weighted by atomic mass is 10.0. The number of allylic oxidation sites excluding steroid dienone is 1. The van der Waals surface area contributed by atoms with Crippen molar-refractivity contribution in [3.8, 4) is 0 Å². The van der Waals surface area contributed by atoms with Gasteiger partial charge in [0.1, 0.15) is 0 Å². The van der Waals surface area contributed by atoms with Crippen LogP contribution >= 0.6 is 11.3 Å². The van der Waals surface area contributed by atoms with E-state index in [-0.39, 0.29) is 12.5 Å². The molecule has 2 rings (SSSR count). The van der Waals surface area contributed by atoms with Gasteiger partial charge in [-0.05, 0) is 43.2 Å². The minimum atomic E-state index is -0.223. The maximum atomic E-state index is 12.2. The van der Waals surface area contributed by atoms with Crippen LogP contribution in [0.5, 0.6) is 0 Å². The van der Waals surface area contributed by atoms with Crippen LogP contribution in [0.4, 0.5) is 5.13 Å². The first-order chi connectivity index (χ1) is 9.58. The summed E-state index contributed by atoms with van der Waals surface area (Å²) in [5.41, 5.74) is 3.26. The van der Waals surface area contributed by atoms with Crippen LogP contribution in [0.3, 0.4) is 0 Å². The van der Waals surface area contributed by atoms with E-state index < -0.39 is 0 Å². The molecule has 2 aromatic rings. The summed E-state index contributed by atoms with van der Waals surface area (Å²) in [4.78, 5) is 16.2. The highest BCUT2D eigenvalue weighted by Gasteiger charge is 2.09. The van der Waals surface area contributed by atoms with Crippen LogP contribution < -0.4 is 5.32 Å². The Bertz CT molecular complexity index is 629. The van der Waals surface area contributed by atoms with Gasteiger partial charge in [0.15, 0.2) is 5.13 Å². The number of thiazole rings is 1. The molecule has 0 bridgehead atoms. The van der Waals surface area contributed by atoms with Crippen LogP contribution in [-0.4, -0.2) is 16.0 Å². The molecule has 0 spiro atoms. The summed E-state index contributed by atoms with van der Waals surface area (Å²) in [5.74, 6) is -0.223. The van der Waals surface area contributed by atoms with Gasteiger partial charge in [0.25, 0.3) is 5.91 Å². The first-order valence-corrected chi connectivity index (χ1v) is 7.07. The third-order valence-electron chi connectivity index (χ3n) is 2.57. The highest BCUT2D eigenvalue weighted by Crippen LogP contribution is 2.17. The molecule has 104 valence electrons. The molecule has 1 aromatic heterocycles. The van der Waals surface area contributed by atoms with Crippen LogP contribution in [0, 0.1) is 0 Å². The zero-order valence-electron chi connectivity index (χ0n) is 11.4. The van der Waals surface area contributed by atoms with Crippen molar-refractivity contribution in [1.82, 2.24) is 4.98 Å². The summed E-state index contributed by atoms with van der Waals surface area (Å²) in [6.07, 6.45) is 3.61. The molecule has 5 heteroatoms. The normalized spacial score (nSPS) is 10.2. The van der Waals surface area contributed by atoms with Crippen molar-refractivity contribution in [2.75, 3.05) is 5.32 Å². The van der Waals surface area contributed by atoms with Crippen LogP contribution in [0.25, 0.3) is 6.08 Å². The van der Waals surface area contributed by atoms with Crippen LogP contribution in [0.15, 0.2) is 35.3 Å². The summed E-state index contributed by atoms with van der Waals surface area (Å²) in [5, 5.41) is 14.4. The van der Waals surface area contributed by atoms with Gasteiger partial charge in [0, 0.05) is 17.1 Å². The van der Waals surface area contributed by atoms with Gasteiger partial charge in [-0.15, -0.1) is 11.3 Å². The van der Waals surface area contributed by atoms with E-state index in [0.717, 1.165) is 11.1 Å². The van der Waals surface area contributed by atoms with Gasteiger partial charge in [-0.1, -0.05) is 11.6 Å². The van der Waals surface area contributed by atoms with Crippen molar-refractivity contribution in [3.05, 3.63) is 52.0 Å². The molecule has 0 saturated carbocycles. The molecule has 4 nitrogen and oxygen atoms in total. The molecule has 0 saturated heterocycles. The van der Waals surface area contributed by atoms with Crippen molar-refractivity contribution >= 4 is 28.5 Å². The average Bonchev–Trinajstić information content (AvgIpc) is 2.90. The smallest absolute Gasteiger partial charge is 0.257 e. The van der Waals surface area contributed by atoms with E-state index in [1.807, 2.05) is 26.0 Å². The minimum Gasteiger partial charge on any atom is -0.392 e. The summed E-state index contributed by atoms with van der Waals surface area (Å²) >= 11 is 1.37. The number of benzene rings is 1. The second kappa shape index (κ2) is 6.45. The first kappa shape index (κ1) is 14.4. The van der Waals surface area contributed by atoms with Crippen LogP contribution in [0.1, 0.15) is 35.3 Å². The molecule has 0 unspecified atom stereocenters. The molecular formula is C15H16N2O2S. The molecule has 0 fully saturated rings. The summed E-state index contributed by atoms with van der Waals surface area (Å²) < 4.78 is 0. The van der Waals surface area contributed by atoms with E-state index in [9.17, 15) is 9.90 Å². The maximum absolute atomic E-state index is 12.2. The molecule has 0 aliphatic rings. The number of nitrogens with zero attached hydrogens (tertiary/aromatic N) is 1. The van der Waals surface area contributed by atoms with Crippen LogP contribution in [0.2, 0.25) is 0 Å². The number of rotatable bonds is 4. The fraction of sp³-hybridized carbons (Fsp3) is 0.200. The molecule has 1 heterocycles. The van der Waals surface area contributed by atoms with Crippen molar-refractivity contribution in [2.45, 2.75) is 20.5 Å². The number of carbonyl (C=O) groups is 1. The lowest BCUT2D eigenvalue weighted by Gasteiger charge is -2.06. The molecule has 20 heavy (non-hydrogen) atoms. The first-order valence-electron chi connectivity index (χ1n) is 6.19. The maximum Gasteiger partial charge on any atom is 0.257 e. The lowest BCUT2D eigenvalue weighted by molar-refractivity contribution is 0.102. The average molecular weight is 288 g/mol. The molecule has 0 atom stereocenters. The highest BCUT2D eigenvalue weighted by atomic mass is 32.1. The Morgan fingerprint density at radius 2 is 2.20 bits per heavy atom. The Kier molecular flexibility index (Phi) is 4.65. The summed E-state index contributed by atoms with van der Waals surface area (Å²) in [6.45, 7) is 3.88. The van der Waals surface area contributed by atoms with Gasteiger partial charge < -0.3 is 5.11 Å². The van der Waals surface area contributed by atoms with Crippen LogP contribution in [-0.2, 0) is 6.61 Å². The predicted octanol–water partition coefficient (Wildman–Crippen LogP) is 3.31. The Morgan fingerprint density at radius 1 is 1.40 bits per heavy atom. The lowest BCUT2D eigenvalue weighted by Crippen LogP contribution is -2.12. The second-order valence-corrected chi connectivity index (χ2v) is 5.53. The Morgan fingerprint density at radius 3 is 2.80 bits per heavy atom. The number of aliphatic hydroxyl groups excluding tert-OH is 1. The number of aromatic nitrogens is 1. The monoisotopic (exact) mass is 288 g/mol. The SMILES string of the molecule is CC(C)=Cc1cc(CO)cc(C(=O)Nc2nccs2)c1. The largest absolute Gasteiger partial charge is 0.392 e. The van der Waals surface area contributed by atoms with E-state index in [4.69, 9.17) is 0 Å². The number of anilines is 1. The fourth-order valence-corrected chi connectivity index (χ4v) is 2.34. The number of nitrogens with one attached hydrogen (secondary N) is 1. The Labute approximate surface area is 121 Å². The van der Waals surface area contributed by atoms with E-state index in [0.29, 0.717) is 16.3 Å². The molecule has 2 N–H and O–H groups in total. The summed E-state index contributed by atoms with van der Waals surface area (Å²) in [7, 11) is 0. The quantitative estimate of drug-likeness (QED) is 0.907. The van der Waals surface area contributed by atoms with Gasteiger partial charge in [-0.2, -0.15) is 0 Å². The van der Waals surface area contributed by atoms with Gasteiger partial charge in [0.2, 0.25) is 0 Å². The Balaban J connectivity index is 2.30. The molecule has 0 aliphatic heterocycles. The van der Waals surface area contributed by atoms with E-state index in [1.54, 1.807) is 23.7 Å². The van der Waals surface area contributed by atoms with E-state index >= 15 is 0 Å². The van der Waals surface area contributed by atoms with Crippen molar-refractivity contribution in [1.29, 1.82) is 0 Å². The van der Waals surface area contributed by atoms with Crippen molar-refractivity contribution in [2.24, 2.45) is 0 Å². The number of hydrogen-bond acceptors (Lipinski definition) is 4. The van der Waals surface area contributed by atoms with Gasteiger partial charge >= 0.3 is 0 Å². The summed E-state index contributed by atoms with van der Waals surface area (Å²) in [6, 6.07) is 5.35.